The number of aryl methyl sites for hydroxylation is 1. The fourth-order valence-corrected chi connectivity index (χ4v) is 2.19. The predicted octanol–water partition coefficient (Wildman–Crippen LogP) is 4.44. The van der Waals surface area contributed by atoms with Gasteiger partial charge in [0.1, 0.15) is 5.75 Å². The molecule has 0 fully saturated rings. The number of hydrogen-bond acceptors (Lipinski definition) is 2. The molecule has 0 atom stereocenters. The third-order valence-corrected chi connectivity index (χ3v) is 3.77. The van der Waals surface area contributed by atoms with Crippen LogP contribution in [0, 0.1) is 13.8 Å². The maximum absolute atomic E-state index is 12.0. The molecule has 0 aliphatic carbocycles. The first kappa shape index (κ1) is 16.1. The van der Waals surface area contributed by atoms with Gasteiger partial charge in [-0.3, -0.25) is 4.79 Å². The monoisotopic (exact) mass is 297 g/mol. The fourth-order valence-electron chi connectivity index (χ4n) is 2.19. The lowest BCUT2D eigenvalue weighted by atomic mass is 10.0. The topological polar surface area (TPSA) is 38.3 Å². The summed E-state index contributed by atoms with van der Waals surface area (Å²) in [5.74, 6) is 1.01. The van der Waals surface area contributed by atoms with Crippen LogP contribution < -0.4 is 10.1 Å². The molecule has 1 amide bonds. The number of ether oxygens (including phenoxy) is 1. The van der Waals surface area contributed by atoms with Crippen molar-refractivity contribution >= 4 is 11.6 Å². The van der Waals surface area contributed by atoms with E-state index in [-0.39, 0.29) is 12.5 Å². The first-order chi connectivity index (χ1) is 10.5. The lowest BCUT2D eigenvalue weighted by Gasteiger charge is -2.12. The lowest BCUT2D eigenvalue weighted by Crippen LogP contribution is -2.20. The van der Waals surface area contributed by atoms with Crippen LogP contribution in [0.4, 0.5) is 5.69 Å². The van der Waals surface area contributed by atoms with Crippen molar-refractivity contribution in [2.45, 2.75) is 33.6 Å². The van der Waals surface area contributed by atoms with E-state index in [1.54, 1.807) is 0 Å². The van der Waals surface area contributed by atoms with E-state index < -0.39 is 0 Å². The van der Waals surface area contributed by atoms with E-state index in [1.807, 2.05) is 50.2 Å². The second-order valence-electron chi connectivity index (χ2n) is 5.81. The highest BCUT2D eigenvalue weighted by Crippen LogP contribution is 2.20. The SMILES string of the molecule is Cc1cccc(NC(=O)COc2cccc(C(C)C)c2)c1C. The molecule has 0 aliphatic rings. The molecule has 0 saturated carbocycles. The first-order valence-corrected chi connectivity index (χ1v) is 7.56. The zero-order valence-electron chi connectivity index (χ0n) is 13.6. The van der Waals surface area contributed by atoms with Crippen molar-refractivity contribution in [3.8, 4) is 5.75 Å². The summed E-state index contributed by atoms with van der Waals surface area (Å²) in [7, 11) is 0. The molecule has 0 heterocycles. The smallest absolute Gasteiger partial charge is 0.262 e. The minimum absolute atomic E-state index is 0.00886. The number of anilines is 1. The first-order valence-electron chi connectivity index (χ1n) is 7.56. The maximum atomic E-state index is 12.0. The zero-order valence-corrected chi connectivity index (χ0v) is 13.6. The molecule has 2 aromatic rings. The maximum Gasteiger partial charge on any atom is 0.262 e. The molecular formula is C19H23NO2. The summed E-state index contributed by atoms with van der Waals surface area (Å²) in [6, 6.07) is 13.7. The highest BCUT2D eigenvalue weighted by atomic mass is 16.5. The Morgan fingerprint density at radius 2 is 1.86 bits per heavy atom. The van der Waals surface area contributed by atoms with E-state index in [4.69, 9.17) is 4.74 Å². The molecule has 3 heteroatoms. The van der Waals surface area contributed by atoms with Gasteiger partial charge in [0.15, 0.2) is 6.61 Å². The fraction of sp³-hybridized carbons (Fsp3) is 0.316. The van der Waals surface area contributed by atoms with Gasteiger partial charge in [0.05, 0.1) is 0 Å². The number of rotatable bonds is 5. The van der Waals surface area contributed by atoms with Gasteiger partial charge in [0, 0.05) is 5.69 Å². The van der Waals surface area contributed by atoms with Gasteiger partial charge in [-0.15, -0.1) is 0 Å². The van der Waals surface area contributed by atoms with Crippen molar-refractivity contribution in [1.29, 1.82) is 0 Å². The molecule has 22 heavy (non-hydrogen) atoms. The highest BCUT2D eigenvalue weighted by molar-refractivity contribution is 5.92. The molecule has 0 saturated heterocycles. The summed E-state index contributed by atoms with van der Waals surface area (Å²) in [4.78, 5) is 12.0. The highest BCUT2D eigenvalue weighted by Gasteiger charge is 2.07. The van der Waals surface area contributed by atoms with Crippen molar-refractivity contribution in [2.75, 3.05) is 11.9 Å². The van der Waals surface area contributed by atoms with Crippen LogP contribution >= 0.6 is 0 Å². The van der Waals surface area contributed by atoms with E-state index >= 15 is 0 Å². The Labute approximate surface area is 132 Å². The Morgan fingerprint density at radius 1 is 1.14 bits per heavy atom. The molecule has 0 radical (unpaired) electrons. The summed E-state index contributed by atoms with van der Waals surface area (Å²) >= 11 is 0. The van der Waals surface area contributed by atoms with E-state index in [1.165, 1.54) is 5.56 Å². The van der Waals surface area contributed by atoms with Crippen LogP contribution in [-0.4, -0.2) is 12.5 Å². The van der Waals surface area contributed by atoms with Crippen molar-refractivity contribution in [2.24, 2.45) is 0 Å². The van der Waals surface area contributed by atoms with Gasteiger partial charge >= 0.3 is 0 Å². The van der Waals surface area contributed by atoms with E-state index in [9.17, 15) is 4.79 Å². The van der Waals surface area contributed by atoms with Gasteiger partial charge in [0.25, 0.3) is 5.91 Å². The van der Waals surface area contributed by atoms with E-state index in [0.717, 1.165) is 22.6 Å². The Balaban J connectivity index is 1.96. The Kier molecular flexibility index (Phi) is 5.21. The molecule has 2 aromatic carbocycles. The van der Waals surface area contributed by atoms with Gasteiger partial charge in [0.2, 0.25) is 0 Å². The molecule has 1 N–H and O–H groups in total. The van der Waals surface area contributed by atoms with Gasteiger partial charge in [-0.05, 0) is 54.7 Å². The van der Waals surface area contributed by atoms with Gasteiger partial charge in [-0.2, -0.15) is 0 Å². The van der Waals surface area contributed by atoms with Crippen molar-refractivity contribution in [3.63, 3.8) is 0 Å². The second kappa shape index (κ2) is 7.12. The number of amides is 1. The van der Waals surface area contributed by atoms with Crippen LogP contribution in [0.3, 0.4) is 0 Å². The van der Waals surface area contributed by atoms with E-state index in [2.05, 4.69) is 25.2 Å². The summed E-state index contributed by atoms with van der Waals surface area (Å²) in [5.41, 5.74) is 4.28. The molecule has 0 spiro atoms. The molecule has 2 rings (SSSR count). The Morgan fingerprint density at radius 3 is 2.59 bits per heavy atom. The minimum atomic E-state index is -0.149. The number of hydrogen-bond donors (Lipinski definition) is 1. The average molecular weight is 297 g/mol. The number of nitrogens with one attached hydrogen (secondary N) is 1. The van der Waals surface area contributed by atoms with Crippen LogP contribution in [0.25, 0.3) is 0 Å². The number of carbonyl (C=O) groups excluding carboxylic acids is 1. The molecule has 0 bridgehead atoms. The van der Waals surface area contributed by atoms with Gasteiger partial charge in [-0.25, -0.2) is 0 Å². The largest absolute Gasteiger partial charge is 0.484 e. The van der Waals surface area contributed by atoms with Crippen LogP contribution in [-0.2, 0) is 4.79 Å². The third-order valence-electron chi connectivity index (χ3n) is 3.77. The van der Waals surface area contributed by atoms with Crippen molar-refractivity contribution in [1.82, 2.24) is 0 Å². The average Bonchev–Trinajstić information content (AvgIpc) is 2.50. The summed E-state index contributed by atoms with van der Waals surface area (Å²) < 4.78 is 5.59. The van der Waals surface area contributed by atoms with Crippen LogP contribution in [0.1, 0.15) is 36.5 Å². The summed E-state index contributed by atoms with van der Waals surface area (Å²) in [5, 5.41) is 2.89. The van der Waals surface area contributed by atoms with Crippen molar-refractivity contribution in [3.05, 3.63) is 59.2 Å². The standard InChI is InChI=1S/C19H23NO2/c1-13(2)16-8-6-9-17(11-16)22-12-19(21)20-18-10-5-7-14(3)15(18)4/h5-11,13H,12H2,1-4H3,(H,20,21). The molecular weight excluding hydrogens is 274 g/mol. The van der Waals surface area contributed by atoms with Gasteiger partial charge in [-0.1, -0.05) is 38.1 Å². The van der Waals surface area contributed by atoms with Crippen molar-refractivity contribution < 1.29 is 9.53 Å². The molecule has 0 unspecified atom stereocenters. The van der Waals surface area contributed by atoms with Gasteiger partial charge < -0.3 is 10.1 Å². The summed E-state index contributed by atoms with van der Waals surface area (Å²) in [6.07, 6.45) is 0. The predicted molar refractivity (Wildman–Crippen MR) is 90.6 cm³/mol. The number of carbonyl (C=O) groups is 1. The zero-order chi connectivity index (χ0) is 16.1. The van der Waals surface area contributed by atoms with Crippen LogP contribution in [0.5, 0.6) is 5.75 Å². The number of benzene rings is 2. The minimum Gasteiger partial charge on any atom is -0.484 e. The van der Waals surface area contributed by atoms with E-state index in [0.29, 0.717) is 5.92 Å². The third kappa shape index (κ3) is 4.10. The quantitative estimate of drug-likeness (QED) is 0.885. The molecule has 116 valence electrons. The normalized spacial score (nSPS) is 10.6. The second-order valence-corrected chi connectivity index (χ2v) is 5.81. The van der Waals surface area contributed by atoms with Crippen LogP contribution in [0.15, 0.2) is 42.5 Å². The Hall–Kier alpha value is -2.29. The molecule has 0 aromatic heterocycles. The molecule has 3 nitrogen and oxygen atoms in total. The Bertz CT molecular complexity index is 662. The summed E-state index contributed by atoms with van der Waals surface area (Å²) in [6.45, 7) is 8.30. The van der Waals surface area contributed by atoms with Crippen LogP contribution in [0.2, 0.25) is 0 Å². The lowest BCUT2D eigenvalue weighted by molar-refractivity contribution is -0.118. The molecule has 0 aliphatic heterocycles.